The van der Waals surface area contributed by atoms with Gasteiger partial charge in [0.2, 0.25) is 0 Å². The van der Waals surface area contributed by atoms with E-state index in [0.29, 0.717) is 12.1 Å². The lowest BCUT2D eigenvalue weighted by Gasteiger charge is -2.22. The van der Waals surface area contributed by atoms with Gasteiger partial charge in [0.1, 0.15) is 0 Å². The van der Waals surface area contributed by atoms with Gasteiger partial charge in [-0.05, 0) is 30.4 Å². The first-order chi connectivity index (χ1) is 9.38. The van der Waals surface area contributed by atoms with Crippen LogP contribution in [0.25, 0.3) is 0 Å². The maximum Gasteiger partial charge on any atom is 0.0794 e. The minimum Gasteiger partial charge on any atom is -0.303 e. The molecule has 2 aromatic rings. The number of aromatic nitrogens is 1. The van der Waals surface area contributed by atoms with Crippen molar-refractivity contribution in [2.45, 2.75) is 52.1 Å². The van der Waals surface area contributed by atoms with Gasteiger partial charge >= 0.3 is 0 Å². The highest BCUT2D eigenvalue weighted by Crippen LogP contribution is 2.25. The predicted octanol–water partition coefficient (Wildman–Crippen LogP) is 4.85. The monoisotopic (exact) mass is 288 g/mol. The van der Waals surface area contributed by atoms with Crippen molar-refractivity contribution >= 4 is 11.3 Å². The average molecular weight is 288 g/mol. The van der Waals surface area contributed by atoms with Gasteiger partial charge in [-0.2, -0.15) is 0 Å². The molecule has 0 aliphatic carbocycles. The van der Waals surface area contributed by atoms with Gasteiger partial charge in [0.15, 0.2) is 0 Å². The van der Waals surface area contributed by atoms with Crippen molar-refractivity contribution in [2.24, 2.45) is 0 Å². The molecule has 2 rings (SSSR count). The Labute approximate surface area is 126 Å². The Bertz CT molecular complexity index is 523. The normalized spacial score (nSPS) is 15.1. The molecule has 0 saturated heterocycles. The van der Waals surface area contributed by atoms with Crippen LogP contribution < -0.4 is 5.32 Å². The van der Waals surface area contributed by atoms with Crippen LogP contribution in [0.5, 0.6) is 0 Å². The summed E-state index contributed by atoms with van der Waals surface area (Å²) in [5, 5.41) is 3.63. The quantitative estimate of drug-likeness (QED) is 0.869. The summed E-state index contributed by atoms with van der Waals surface area (Å²) in [6, 6.07) is 9.62. The van der Waals surface area contributed by atoms with E-state index in [9.17, 15) is 0 Å². The first-order valence-corrected chi connectivity index (χ1v) is 8.01. The molecular formula is C17H24N2S. The van der Waals surface area contributed by atoms with E-state index in [1.165, 1.54) is 16.0 Å². The summed E-state index contributed by atoms with van der Waals surface area (Å²) in [6.07, 6.45) is 1.94. The Morgan fingerprint density at radius 2 is 1.70 bits per heavy atom. The van der Waals surface area contributed by atoms with Crippen molar-refractivity contribution < 1.29 is 0 Å². The molecule has 2 nitrogen and oxygen atoms in total. The average Bonchev–Trinajstić information content (AvgIpc) is 2.91. The molecule has 1 heterocycles. The van der Waals surface area contributed by atoms with Crippen molar-refractivity contribution in [2.75, 3.05) is 0 Å². The van der Waals surface area contributed by atoms with Gasteiger partial charge in [-0.3, -0.25) is 4.98 Å². The molecule has 0 aliphatic rings. The van der Waals surface area contributed by atoms with E-state index in [-0.39, 0.29) is 5.41 Å². The molecule has 0 amide bonds. The van der Waals surface area contributed by atoms with Crippen LogP contribution in [-0.2, 0) is 5.41 Å². The molecule has 20 heavy (non-hydrogen) atoms. The highest BCUT2D eigenvalue weighted by Gasteiger charge is 2.15. The van der Waals surface area contributed by atoms with Crippen LogP contribution in [0.15, 0.2) is 36.0 Å². The number of nitrogens with zero attached hydrogens (tertiary/aromatic N) is 1. The third kappa shape index (κ3) is 3.68. The maximum atomic E-state index is 4.14. The molecule has 0 saturated carbocycles. The van der Waals surface area contributed by atoms with Crippen molar-refractivity contribution in [3.8, 4) is 0 Å². The number of hydrogen-bond acceptors (Lipinski definition) is 3. The number of nitrogens with one attached hydrogen (secondary N) is 1. The molecule has 1 N–H and O–H groups in total. The number of thiazole rings is 1. The minimum absolute atomic E-state index is 0.213. The second-order valence-corrected chi connectivity index (χ2v) is 7.30. The lowest BCUT2D eigenvalue weighted by Crippen LogP contribution is -2.22. The van der Waals surface area contributed by atoms with Crippen molar-refractivity contribution in [1.82, 2.24) is 10.3 Å². The van der Waals surface area contributed by atoms with Gasteiger partial charge in [0.25, 0.3) is 0 Å². The van der Waals surface area contributed by atoms with Crippen LogP contribution in [-0.4, -0.2) is 4.98 Å². The van der Waals surface area contributed by atoms with Crippen LogP contribution in [0, 0.1) is 0 Å². The first-order valence-electron chi connectivity index (χ1n) is 7.13. The zero-order valence-electron chi connectivity index (χ0n) is 13.0. The zero-order valence-corrected chi connectivity index (χ0v) is 13.8. The third-order valence-electron chi connectivity index (χ3n) is 3.65. The number of benzene rings is 1. The van der Waals surface area contributed by atoms with Gasteiger partial charge in [0.05, 0.1) is 5.51 Å². The largest absolute Gasteiger partial charge is 0.303 e. The van der Waals surface area contributed by atoms with Crippen LogP contribution in [0.1, 0.15) is 62.7 Å². The summed E-state index contributed by atoms with van der Waals surface area (Å²) in [5.41, 5.74) is 4.81. The molecule has 3 heteroatoms. The topological polar surface area (TPSA) is 24.9 Å². The smallest absolute Gasteiger partial charge is 0.0794 e. The van der Waals surface area contributed by atoms with E-state index in [1.54, 1.807) is 11.3 Å². The third-order valence-corrected chi connectivity index (χ3v) is 4.61. The summed E-state index contributed by atoms with van der Waals surface area (Å²) in [6.45, 7) is 11.1. The molecule has 0 aliphatic heterocycles. The summed E-state index contributed by atoms with van der Waals surface area (Å²) in [5.74, 6) is 0. The Kier molecular flexibility index (Phi) is 4.61. The van der Waals surface area contributed by atoms with Gasteiger partial charge in [-0.15, -0.1) is 11.3 Å². The van der Waals surface area contributed by atoms with Gasteiger partial charge in [-0.1, -0.05) is 45.0 Å². The maximum absolute atomic E-state index is 4.14. The molecule has 2 atom stereocenters. The van der Waals surface area contributed by atoms with Crippen molar-refractivity contribution in [1.29, 1.82) is 0 Å². The Hall–Kier alpha value is -1.19. The lowest BCUT2D eigenvalue weighted by atomic mass is 9.86. The van der Waals surface area contributed by atoms with E-state index >= 15 is 0 Å². The van der Waals surface area contributed by atoms with E-state index in [2.05, 4.69) is 69.2 Å². The predicted molar refractivity (Wildman–Crippen MR) is 87.2 cm³/mol. The number of rotatable bonds is 4. The van der Waals surface area contributed by atoms with Crippen LogP contribution in [0.3, 0.4) is 0 Å². The Balaban J connectivity index is 2.04. The molecule has 108 valence electrons. The fraction of sp³-hybridized carbons (Fsp3) is 0.471. The highest BCUT2D eigenvalue weighted by atomic mass is 32.1. The molecule has 0 bridgehead atoms. The zero-order chi connectivity index (χ0) is 14.8. The first kappa shape index (κ1) is 15.2. The van der Waals surface area contributed by atoms with E-state index in [1.807, 2.05) is 11.7 Å². The van der Waals surface area contributed by atoms with E-state index in [0.717, 1.165) is 0 Å². The van der Waals surface area contributed by atoms with E-state index in [4.69, 9.17) is 0 Å². The molecule has 1 aromatic carbocycles. The molecule has 0 spiro atoms. The summed E-state index contributed by atoms with van der Waals surface area (Å²) in [7, 11) is 0. The fourth-order valence-corrected chi connectivity index (χ4v) is 2.90. The SMILES string of the molecule is CC(NC(C)c1cncs1)c1ccc(C(C)(C)C)cc1. The van der Waals surface area contributed by atoms with Crippen molar-refractivity contribution in [3.63, 3.8) is 0 Å². The molecule has 0 radical (unpaired) electrons. The molecular weight excluding hydrogens is 264 g/mol. The lowest BCUT2D eigenvalue weighted by molar-refractivity contribution is 0.499. The van der Waals surface area contributed by atoms with Gasteiger partial charge in [0, 0.05) is 23.2 Å². The second kappa shape index (κ2) is 6.06. The molecule has 2 unspecified atom stereocenters. The summed E-state index contributed by atoms with van der Waals surface area (Å²) in [4.78, 5) is 5.42. The van der Waals surface area contributed by atoms with Crippen LogP contribution in [0.2, 0.25) is 0 Å². The standard InChI is InChI=1S/C17H24N2S/c1-12(19-13(2)16-10-18-11-20-16)14-6-8-15(9-7-14)17(3,4)5/h6-13,19H,1-5H3. The highest BCUT2D eigenvalue weighted by molar-refractivity contribution is 7.09. The fourth-order valence-electron chi connectivity index (χ4n) is 2.26. The molecule has 1 aromatic heterocycles. The van der Waals surface area contributed by atoms with Gasteiger partial charge in [-0.25, -0.2) is 0 Å². The summed E-state index contributed by atoms with van der Waals surface area (Å²) >= 11 is 1.70. The second-order valence-electron chi connectivity index (χ2n) is 6.39. The molecule has 0 fully saturated rings. The van der Waals surface area contributed by atoms with E-state index < -0.39 is 0 Å². The van der Waals surface area contributed by atoms with Gasteiger partial charge < -0.3 is 5.32 Å². The number of hydrogen-bond donors (Lipinski definition) is 1. The Morgan fingerprint density at radius 1 is 1.05 bits per heavy atom. The van der Waals surface area contributed by atoms with Crippen LogP contribution >= 0.6 is 11.3 Å². The minimum atomic E-state index is 0.213. The Morgan fingerprint density at radius 3 is 2.20 bits per heavy atom. The van der Waals surface area contributed by atoms with Crippen LogP contribution in [0.4, 0.5) is 0 Å². The summed E-state index contributed by atoms with van der Waals surface area (Å²) < 4.78 is 0. The van der Waals surface area contributed by atoms with Crippen molar-refractivity contribution in [3.05, 3.63) is 52.0 Å².